The van der Waals surface area contributed by atoms with Crippen molar-refractivity contribution in [2.45, 2.75) is 11.7 Å². The van der Waals surface area contributed by atoms with Gasteiger partial charge in [-0.1, -0.05) is 42.5 Å². The highest BCUT2D eigenvalue weighted by atomic mass is 35.5. The topological polar surface area (TPSA) is 9.23 Å². The fraction of sp³-hybridized carbons (Fsp3) is 0.143. The van der Waals surface area contributed by atoms with E-state index in [1.807, 2.05) is 30.3 Å². The standard InChI is InChI=1S/C14H10ClF3O/c15-14(17,18)13(16)19-12-8-6-11(7-9-12)10-4-2-1-3-5-10/h1-9,13H. The zero-order valence-corrected chi connectivity index (χ0v) is 10.4. The largest absolute Gasteiger partial charge is 0.453 e. The van der Waals surface area contributed by atoms with Crippen molar-refractivity contribution >= 4 is 11.6 Å². The van der Waals surface area contributed by atoms with Crippen LogP contribution in [0.5, 0.6) is 5.75 Å². The first-order valence-corrected chi connectivity index (χ1v) is 5.87. The number of alkyl halides is 4. The number of halogens is 4. The van der Waals surface area contributed by atoms with Gasteiger partial charge in [0, 0.05) is 0 Å². The molecule has 0 saturated carbocycles. The second kappa shape index (κ2) is 5.53. The highest BCUT2D eigenvalue weighted by Crippen LogP contribution is 2.29. The highest BCUT2D eigenvalue weighted by Gasteiger charge is 2.39. The van der Waals surface area contributed by atoms with Crippen molar-refractivity contribution in [3.05, 3.63) is 54.6 Å². The monoisotopic (exact) mass is 286 g/mol. The number of hydrogen-bond donors (Lipinski definition) is 0. The van der Waals surface area contributed by atoms with Gasteiger partial charge in [-0.3, -0.25) is 0 Å². The van der Waals surface area contributed by atoms with Gasteiger partial charge in [0.25, 0.3) is 0 Å². The van der Waals surface area contributed by atoms with Gasteiger partial charge in [0.15, 0.2) is 0 Å². The van der Waals surface area contributed by atoms with Crippen LogP contribution in [0.25, 0.3) is 11.1 Å². The third kappa shape index (κ3) is 3.64. The molecule has 1 atom stereocenters. The molecule has 1 nitrogen and oxygen atoms in total. The molecular formula is C14H10ClF3O. The van der Waals surface area contributed by atoms with Crippen LogP contribution in [0.15, 0.2) is 54.6 Å². The lowest BCUT2D eigenvalue weighted by Crippen LogP contribution is -2.28. The SMILES string of the molecule is FC(Oc1ccc(-c2ccccc2)cc1)C(F)(F)Cl. The van der Waals surface area contributed by atoms with Crippen molar-refractivity contribution in [3.63, 3.8) is 0 Å². The Morgan fingerprint density at radius 1 is 0.895 bits per heavy atom. The molecule has 100 valence electrons. The lowest BCUT2D eigenvalue weighted by Gasteiger charge is -2.15. The first kappa shape index (κ1) is 13.7. The van der Waals surface area contributed by atoms with Crippen molar-refractivity contribution in [1.82, 2.24) is 0 Å². The molecule has 19 heavy (non-hydrogen) atoms. The maximum absolute atomic E-state index is 12.9. The average Bonchev–Trinajstić information content (AvgIpc) is 2.39. The number of ether oxygens (including phenoxy) is 1. The summed E-state index contributed by atoms with van der Waals surface area (Å²) >= 11 is 4.53. The van der Waals surface area contributed by atoms with E-state index in [0.29, 0.717) is 0 Å². The Kier molecular flexibility index (Phi) is 4.00. The Labute approximate surface area is 113 Å². The zero-order chi connectivity index (χ0) is 13.9. The van der Waals surface area contributed by atoms with E-state index < -0.39 is 11.7 Å². The van der Waals surface area contributed by atoms with Crippen LogP contribution in [0.2, 0.25) is 0 Å². The van der Waals surface area contributed by atoms with Gasteiger partial charge in [-0.05, 0) is 34.9 Å². The number of benzene rings is 2. The minimum absolute atomic E-state index is 0.00694. The highest BCUT2D eigenvalue weighted by molar-refractivity contribution is 6.22. The molecule has 0 N–H and O–H groups in total. The van der Waals surface area contributed by atoms with E-state index in [-0.39, 0.29) is 5.75 Å². The zero-order valence-electron chi connectivity index (χ0n) is 9.69. The molecule has 2 aromatic rings. The van der Waals surface area contributed by atoms with E-state index in [4.69, 9.17) is 0 Å². The first-order valence-electron chi connectivity index (χ1n) is 5.50. The lowest BCUT2D eigenvalue weighted by molar-refractivity contribution is -0.0971. The molecule has 2 aromatic carbocycles. The molecule has 0 fully saturated rings. The van der Waals surface area contributed by atoms with E-state index in [1.165, 1.54) is 12.1 Å². The van der Waals surface area contributed by atoms with Gasteiger partial charge in [0.05, 0.1) is 0 Å². The molecule has 2 rings (SSSR count). The molecule has 0 radical (unpaired) electrons. The Morgan fingerprint density at radius 2 is 1.42 bits per heavy atom. The molecule has 0 bridgehead atoms. The van der Waals surface area contributed by atoms with Gasteiger partial charge in [0.2, 0.25) is 0 Å². The summed E-state index contributed by atoms with van der Waals surface area (Å²) in [6.07, 6.45) is -2.88. The van der Waals surface area contributed by atoms with Crippen molar-refractivity contribution in [1.29, 1.82) is 0 Å². The van der Waals surface area contributed by atoms with Crippen LogP contribution in [0.4, 0.5) is 13.2 Å². The summed E-state index contributed by atoms with van der Waals surface area (Å²) in [5.41, 5.74) is 1.84. The second-order valence-electron chi connectivity index (χ2n) is 3.87. The first-order chi connectivity index (χ1) is 8.97. The molecule has 0 aliphatic heterocycles. The number of hydrogen-bond acceptors (Lipinski definition) is 1. The maximum Gasteiger partial charge on any atom is 0.387 e. The van der Waals surface area contributed by atoms with E-state index in [2.05, 4.69) is 16.3 Å². The predicted octanol–water partition coefficient (Wildman–Crippen LogP) is 4.86. The summed E-state index contributed by atoms with van der Waals surface area (Å²) < 4.78 is 42.2. The van der Waals surface area contributed by atoms with Gasteiger partial charge in [-0.15, -0.1) is 0 Å². The van der Waals surface area contributed by atoms with Crippen LogP contribution >= 0.6 is 11.6 Å². The normalized spacial score (nSPS) is 13.1. The quantitative estimate of drug-likeness (QED) is 0.729. The van der Waals surface area contributed by atoms with Gasteiger partial charge in [-0.25, -0.2) is 0 Å². The summed E-state index contributed by atoms with van der Waals surface area (Å²) in [6, 6.07) is 15.6. The van der Waals surface area contributed by atoms with E-state index in [1.54, 1.807) is 12.1 Å². The van der Waals surface area contributed by atoms with Crippen LogP contribution < -0.4 is 4.74 Å². The summed E-state index contributed by atoms with van der Waals surface area (Å²) in [5, 5.41) is -4.04. The third-order valence-corrected chi connectivity index (χ3v) is 2.63. The average molecular weight is 287 g/mol. The molecule has 0 aliphatic carbocycles. The summed E-state index contributed by atoms with van der Waals surface area (Å²) in [5.74, 6) is -0.00694. The Balaban J connectivity index is 2.11. The Morgan fingerprint density at radius 3 is 1.95 bits per heavy atom. The Bertz CT molecular complexity index is 523. The molecule has 0 aliphatic rings. The maximum atomic E-state index is 12.9. The lowest BCUT2D eigenvalue weighted by atomic mass is 10.1. The molecule has 0 heterocycles. The smallest absolute Gasteiger partial charge is 0.387 e. The van der Waals surface area contributed by atoms with Gasteiger partial charge < -0.3 is 4.74 Å². The van der Waals surface area contributed by atoms with Crippen LogP contribution in [-0.2, 0) is 0 Å². The molecule has 5 heteroatoms. The minimum Gasteiger partial charge on any atom is -0.453 e. The molecular weight excluding hydrogens is 277 g/mol. The summed E-state index contributed by atoms with van der Waals surface area (Å²) in [7, 11) is 0. The van der Waals surface area contributed by atoms with Crippen molar-refractivity contribution in [2.75, 3.05) is 0 Å². The fourth-order valence-electron chi connectivity index (χ4n) is 1.54. The van der Waals surface area contributed by atoms with Crippen LogP contribution in [0.3, 0.4) is 0 Å². The van der Waals surface area contributed by atoms with Gasteiger partial charge >= 0.3 is 11.7 Å². The summed E-state index contributed by atoms with van der Waals surface area (Å²) in [6.45, 7) is 0. The van der Waals surface area contributed by atoms with Crippen LogP contribution in [0, 0.1) is 0 Å². The van der Waals surface area contributed by atoms with Crippen LogP contribution in [-0.4, -0.2) is 11.7 Å². The van der Waals surface area contributed by atoms with Crippen molar-refractivity contribution < 1.29 is 17.9 Å². The second-order valence-corrected chi connectivity index (χ2v) is 4.37. The minimum atomic E-state index is -4.04. The van der Waals surface area contributed by atoms with Crippen LogP contribution in [0.1, 0.15) is 0 Å². The molecule has 0 saturated heterocycles. The molecule has 1 unspecified atom stereocenters. The van der Waals surface area contributed by atoms with Gasteiger partial charge in [0.1, 0.15) is 5.75 Å². The van der Waals surface area contributed by atoms with E-state index in [9.17, 15) is 13.2 Å². The molecule has 0 aromatic heterocycles. The fourth-order valence-corrected chi connectivity index (χ4v) is 1.59. The van der Waals surface area contributed by atoms with E-state index in [0.717, 1.165) is 11.1 Å². The van der Waals surface area contributed by atoms with Crippen molar-refractivity contribution in [3.8, 4) is 16.9 Å². The van der Waals surface area contributed by atoms with Gasteiger partial charge in [-0.2, -0.15) is 13.2 Å². The third-order valence-electron chi connectivity index (χ3n) is 2.46. The molecule has 0 amide bonds. The van der Waals surface area contributed by atoms with Crippen molar-refractivity contribution in [2.24, 2.45) is 0 Å². The number of rotatable bonds is 4. The van der Waals surface area contributed by atoms with E-state index >= 15 is 0 Å². The predicted molar refractivity (Wildman–Crippen MR) is 68.2 cm³/mol. The Hall–Kier alpha value is -1.68. The molecule has 0 spiro atoms. The summed E-state index contributed by atoms with van der Waals surface area (Å²) in [4.78, 5) is 0.